The fraction of sp³-hybridized carbons (Fsp3) is 0. The van der Waals surface area contributed by atoms with E-state index in [0.29, 0.717) is 0 Å². The van der Waals surface area contributed by atoms with Crippen molar-refractivity contribution in [1.29, 1.82) is 0 Å². The number of halogens is 2. The van der Waals surface area contributed by atoms with Crippen molar-refractivity contribution in [3.8, 4) is 22.4 Å². The van der Waals surface area contributed by atoms with Gasteiger partial charge in [-0.2, -0.15) is 0 Å². The van der Waals surface area contributed by atoms with E-state index in [1.807, 2.05) is 42.5 Å². The average molecular weight is 442 g/mol. The van der Waals surface area contributed by atoms with Crippen molar-refractivity contribution in [2.45, 2.75) is 0 Å². The maximum absolute atomic E-state index is 6.26. The lowest BCUT2D eigenvalue weighted by atomic mass is 9.98. The summed E-state index contributed by atoms with van der Waals surface area (Å²) >= 11 is 8.66. The standard InChI is InChI=1S/C21H13ClIN/c22-16-11-12-18-17(13-16)19(14-7-3-1-4-8-14)20(23)21(24-18)15-9-5-2-6-10-15/h1-13H. The predicted octanol–water partition coefficient (Wildman–Crippen LogP) is 6.83. The van der Waals surface area contributed by atoms with E-state index in [4.69, 9.17) is 16.6 Å². The minimum atomic E-state index is 0.727. The van der Waals surface area contributed by atoms with Gasteiger partial charge in [-0.3, -0.25) is 0 Å². The van der Waals surface area contributed by atoms with Crippen molar-refractivity contribution in [1.82, 2.24) is 4.98 Å². The van der Waals surface area contributed by atoms with Gasteiger partial charge < -0.3 is 0 Å². The molecule has 0 saturated heterocycles. The van der Waals surface area contributed by atoms with Crippen LogP contribution < -0.4 is 0 Å². The van der Waals surface area contributed by atoms with E-state index in [9.17, 15) is 0 Å². The largest absolute Gasteiger partial charge is 0.247 e. The molecule has 0 aliphatic heterocycles. The first kappa shape index (κ1) is 15.6. The van der Waals surface area contributed by atoms with Crippen LogP contribution >= 0.6 is 34.2 Å². The summed E-state index contributed by atoms with van der Waals surface area (Å²) in [6.07, 6.45) is 0. The van der Waals surface area contributed by atoms with Crippen molar-refractivity contribution in [2.24, 2.45) is 0 Å². The molecule has 1 aromatic heterocycles. The van der Waals surface area contributed by atoms with E-state index in [-0.39, 0.29) is 0 Å². The van der Waals surface area contributed by atoms with Crippen LogP contribution in [0.5, 0.6) is 0 Å². The lowest BCUT2D eigenvalue weighted by Crippen LogP contribution is -1.95. The third-order valence-corrected chi connectivity index (χ3v) is 5.28. The average Bonchev–Trinajstić information content (AvgIpc) is 2.63. The van der Waals surface area contributed by atoms with Gasteiger partial charge in [-0.25, -0.2) is 4.98 Å². The minimum absolute atomic E-state index is 0.727. The van der Waals surface area contributed by atoms with Gasteiger partial charge in [-0.15, -0.1) is 0 Å². The Morgan fingerprint density at radius 2 is 1.38 bits per heavy atom. The summed E-state index contributed by atoms with van der Waals surface area (Å²) < 4.78 is 1.14. The quantitative estimate of drug-likeness (QED) is 0.311. The Morgan fingerprint density at radius 3 is 2.04 bits per heavy atom. The molecule has 0 atom stereocenters. The molecule has 0 amide bonds. The molecule has 3 heteroatoms. The van der Waals surface area contributed by atoms with Gasteiger partial charge in [0.05, 0.1) is 11.2 Å². The van der Waals surface area contributed by atoms with Crippen LogP contribution in [0.15, 0.2) is 78.9 Å². The van der Waals surface area contributed by atoms with Crippen molar-refractivity contribution >= 4 is 45.1 Å². The van der Waals surface area contributed by atoms with Crippen LogP contribution in [0.2, 0.25) is 5.02 Å². The van der Waals surface area contributed by atoms with E-state index >= 15 is 0 Å². The molecule has 0 unspecified atom stereocenters. The van der Waals surface area contributed by atoms with Crippen LogP contribution in [0.1, 0.15) is 0 Å². The van der Waals surface area contributed by atoms with E-state index in [1.54, 1.807) is 0 Å². The van der Waals surface area contributed by atoms with E-state index < -0.39 is 0 Å². The Labute approximate surface area is 159 Å². The van der Waals surface area contributed by atoms with E-state index in [1.165, 1.54) is 11.1 Å². The Kier molecular flexibility index (Phi) is 4.25. The van der Waals surface area contributed by atoms with Crippen LogP contribution in [0.25, 0.3) is 33.3 Å². The first-order valence-corrected chi connectivity index (χ1v) is 9.09. The number of hydrogen-bond donors (Lipinski definition) is 0. The monoisotopic (exact) mass is 441 g/mol. The summed E-state index contributed by atoms with van der Waals surface area (Å²) in [6.45, 7) is 0. The summed E-state index contributed by atoms with van der Waals surface area (Å²) in [5, 5.41) is 1.81. The number of hydrogen-bond acceptors (Lipinski definition) is 1. The molecule has 0 fully saturated rings. The van der Waals surface area contributed by atoms with Crippen LogP contribution in [-0.2, 0) is 0 Å². The highest BCUT2D eigenvalue weighted by Gasteiger charge is 2.16. The first-order chi connectivity index (χ1) is 11.7. The van der Waals surface area contributed by atoms with Gasteiger partial charge in [0.2, 0.25) is 0 Å². The molecule has 4 aromatic rings. The molecule has 0 aliphatic carbocycles. The molecule has 0 bridgehead atoms. The van der Waals surface area contributed by atoms with Gasteiger partial charge in [0.15, 0.2) is 0 Å². The molecule has 4 rings (SSSR count). The van der Waals surface area contributed by atoms with Gasteiger partial charge in [0, 0.05) is 25.1 Å². The van der Waals surface area contributed by atoms with E-state index in [2.05, 4.69) is 59.0 Å². The number of aromatic nitrogens is 1. The molecule has 0 radical (unpaired) electrons. The number of rotatable bonds is 2. The molecule has 24 heavy (non-hydrogen) atoms. The lowest BCUT2D eigenvalue weighted by molar-refractivity contribution is 1.37. The second kappa shape index (κ2) is 6.54. The van der Waals surface area contributed by atoms with Gasteiger partial charge in [0.1, 0.15) is 0 Å². The molecular formula is C21H13ClIN. The topological polar surface area (TPSA) is 12.9 Å². The number of pyridine rings is 1. The zero-order chi connectivity index (χ0) is 16.5. The number of fused-ring (bicyclic) bond motifs is 1. The Bertz CT molecular complexity index is 1010. The zero-order valence-electron chi connectivity index (χ0n) is 12.7. The van der Waals surface area contributed by atoms with Gasteiger partial charge in [0.25, 0.3) is 0 Å². The van der Waals surface area contributed by atoms with Crippen LogP contribution in [0.4, 0.5) is 0 Å². The molecule has 1 heterocycles. The molecule has 116 valence electrons. The van der Waals surface area contributed by atoms with Crippen molar-refractivity contribution in [3.63, 3.8) is 0 Å². The second-order valence-corrected chi connectivity index (χ2v) is 7.06. The maximum atomic E-state index is 6.26. The summed E-state index contributed by atoms with van der Waals surface area (Å²) in [5.74, 6) is 0. The highest BCUT2D eigenvalue weighted by atomic mass is 127. The van der Waals surface area contributed by atoms with Crippen molar-refractivity contribution < 1.29 is 0 Å². The Hall–Kier alpha value is -1.91. The van der Waals surface area contributed by atoms with Crippen LogP contribution in [-0.4, -0.2) is 4.98 Å². The smallest absolute Gasteiger partial charge is 0.0849 e. The third kappa shape index (κ3) is 2.80. The van der Waals surface area contributed by atoms with Gasteiger partial charge >= 0.3 is 0 Å². The predicted molar refractivity (Wildman–Crippen MR) is 110 cm³/mol. The molecule has 0 saturated carbocycles. The molecular weight excluding hydrogens is 429 g/mol. The zero-order valence-corrected chi connectivity index (χ0v) is 15.6. The van der Waals surface area contributed by atoms with Crippen LogP contribution in [0.3, 0.4) is 0 Å². The molecule has 0 aliphatic rings. The number of nitrogens with zero attached hydrogens (tertiary/aromatic N) is 1. The molecule has 0 N–H and O–H groups in total. The van der Waals surface area contributed by atoms with E-state index in [0.717, 1.165) is 30.8 Å². The normalized spacial score (nSPS) is 10.9. The van der Waals surface area contributed by atoms with Gasteiger partial charge in [-0.1, -0.05) is 72.3 Å². The van der Waals surface area contributed by atoms with Crippen LogP contribution in [0, 0.1) is 3.57 Å². The summed E-state index contributed by atoms with van der Waals surface area (Å²) in [7, 11) is 0. The summed E-state index contributed by atoms with van der Waals surface area (Å²) in [4.78, 5) is 4.91. The Balaban J connectivity index is 2.11. The fourth-order valence-corrected chi connectivity index (χ4v) is 4.09. The maximum Gasteiger partial charge on any atom is 0.0849 e. The summed E-state index contributed by atoms with van der Waals surface area (Å²) in [5.41, 5.74) is 5.44. The third-order valence-electron chi connectivity index (χ3n) is 4.00. The summed E-state index contributed by atoms with van der Waals surface area (Å²) in [6, 6.07) is 26.6. The van der Waals surface area contributed by atoms with Crippen molar-refractivity contribution in [3.05, 3.63) is 87.5 Å². The number of benzene rings is 3. The SMILES string of the molecule is Clc1ccc2nc(-c3ccccc3)c(I)c(-c3ccccc3)c2c1. The molecule has 1 nitrogen and oxygen atoms in total. The lowest BCUT2D eigenvalue weighted by Gasteiger charge is -2.14. The molecule has 0 spiro atoms. The highest BCUT2D eigenvalue weighted by Crippen LogP contribution is 2.38. The fourth-order valence-electron chi connectivity index (χ4n) is 2.89. The molecule has 3 aromatic carbocycles. The minimum Gasteiger partial charge on any atom is -0.247 e. The van der Waals surface area contributed by atoms with Gasteiger partial charge in [-0.05, 0) is 46.4 Å². The Morgan fingerprint density at radius 1 is 0.750 bits per heavy atom. The highest BCUT2D eigenvalue weighted by molar-refractivity contribution is 14.1. The van der Waals surface area contributed by atoms with Crippen molar-refractivity contribution in [2.75, 3.05) is 0 Å². The first-order valence-electron chi connectivity index (χ1n) is 7.63. The second-order valence-electron chi connectivity index (χ2n) is 5.54.